The van der Waals surface area contributed by atoms with E-state index in [0.717, 1.165) is 12.0 Å². The van der Waals surface area contributed by atoms with Crippen molar-refractivity contribution in [2.45, 2.75) is 13.0 Å². The molecule has 6 heteroatoms. The number of aromatic nitrogens is 1. The summed E-state index contributed by atoms with van der Waals surface area (Å²) in [5, 5.41) is 9.75. The third-order valence-corrected chi connectivity index (χ3v) is 3.64. The third-order valence-electron chi connectivity index (χ3n) is 3.42. The highest BCUT2D eigenvalue weighted by molar-refractivity contribution is 6.30. The number of aromatic carboxylic acids is 1. The van der Waals surface area contributed by atoms with Gasteiger partial charge >= 0.3 is 5.97 Å². The summed E-state index contributed by atoms with van der Waals surface area (Å²) in [6.45, 7) is 0.683. The monoisotopic (exact) mass is 305 g/mol. The zero-order valence-electron chi connectivity index (χ0n) is 11.0. The van der Waals surface area contributed by atoms with Crippen LogP contribution in [0.1, 0.15) is 21.6 Å². The van der Waals surface area contributed by atoms with Crippen LogP contribution in [-0.2, 0) is 13.0 Å². The van der Waals surface area contributed by atoms with Crippen LogP contribution in [0.2, 0.25) is 5.02 Å². The Hall–Kier alpha value is -2.27. The van der Waals surface area contributed by atoms with E-state index in [-0.39, 0.29) is 17.8 Å². The maximum absolute atomic E-state index is 12.0. The minimum absolute atomic E-state index is 0.0609. The van der Waals surface area contributed by atoms with Crippen LogP contribution in [0.3, 0.4) is 0 Å². The van der Waals surface area contributed by atoms with Crippen LogP contribution < -0.4 is 10.3 Å². The number of benzene rings is 1. The molecule has 0 bridgehead atoms. The molecule has 0 fully saturated rings. The lowest BCUT2D eigenvalue weighted by molar-refractivity contribution is 0.0684. The van der Waals surface area contributed by atoms with Crippen LogP contribution in [0, 0.1) is 0 Å². The first-order valence-corrected chi connectivity index (χ1v) is 6.81. The molecule has 3 rings (SSSR count). The van der Waals surface area contributed by atoms with Gasteiger partial charge in [0.25, 0.3) is 5.56 Å². The molecule has 0 atom stereocenters. The van der Waals surface area contributed by atoms with E-state index in [1.165, 1.54) is 22.8 Å². The summed E-state index contributed by atoms with van der Waals surface area (Å²) in [6, 6.07) is 7.70. The molecule has 1 N–H and O–H groups in total. The Morgan fingerprint density at radius 3 is 2.95 bits per heavy atom. The first-order chi connectivity index (χ1) is 10.1. The molecule has 108 valence electrons. The summed E-state index contributed by atoms with van der Waals surface area (Å²) in [6.07, 6.45) is 0.762. The SMILES string of the molecule is O=C(O)c1cccc(=O)n1Cc1cc(Cl)cc2c1OCC2. The van der Waals surface area contributed by atoms with Gasteiger partial charge in [0.05, 0.1) is 13.2 Å². The normalized spacial score (nSPS) is 12.8. The molecule has 1 aliphatic heterocycles. The van der Waals surface area contributed by atoms with Gasteiger partial charge in [0.2, 0.25) is 0 Å². The lowest BCUT2D eigenvalue weighted by atomic mass is 10.1. The van der Waals surface area contributed by atoms with Gasteiger partial charge in [-0.3, -0.25) is 9.36 Å². The topological polar surface area (TPSA) is 68.5 Å². The van der Waals surface area contributed by atoms with E-state index in [9.17, 15) is 14.7 Å². The smallest absolute Gasteiger partial charge is 0.352 e. The summed E-state index contributed by atoms with van der Waals surface area (Å²) in [5.41, 5.74) is 1.26. The van der Waals surface area contributed by atoms with E-state index in [2.05, 4.69) is 0 Å². The molecule has 0 aliphatic carbocycles. The molecule has 1 aromatic carbocycles. The molecule has 2 aromatic rings. The van der Waals surface area contributed by atoms with E-state index in [1.54, 1.807) is 6.07 Å². The zero-order chi connectivity index (χ0) is 15.0. The number of pyridine rings is 1. The van der Waals surface area contributed by atoms with E-state index >= 15 is 0 Å². The van der Waals surface area contributed by atoms with Gasteiger partial charge in [-0.2, -0.15) is 0 Å². The Kier molecular flexibility index (Phi) is 3.43. The van der Waals surface area contributed by atoms with Crippen molar-refractivity contribution in [2.75, 3.05) is 6.61 Å². The summed E-state index contributed by atoms with van der Waals surface area (Å²) < 4.78 is 6.78. The summed E-state index contributed by atoms with van der Waals surface area (Å²) in [5.74, 6) is -0.446. The Morgan fingerprint density at radius 2 is 2.19 bits per heavy atom. The Balaban J connectivity index is 2.10. The molecular formula is C15H12ClNO4. The van der Waals surface area contributed by atoms with Crippen molar-refractivity contribution < 1.29 is 14.6 Å². The fourth-order valence-corrected chi connectivity index (χ4v) is 2.77. The average Bonchev–Trinajstić information content (AvgIpc) is 2.88. The van der Waals surface area contributed by atoms with Gasteiger partial charge in [0.1, 0.15) is 11.4 Å². The predicted molar refractivity (Wildman–Crippen MR) is 77.4 cm³/mol. The second-order valence-electron chi connectivity index (χ2n) is 4.79. The molecule has 0 radical (unpaired) electrons. The Labute approximate surface area is 125 Å². The number of carboxylic acid groups (broad SMARTS) is 1. The largest absolute Gasteiger partial charge is 0.493 e. The fraction of sp³-hybridized carbons (Fsp3) is 0.200. The molecular weight excluding hydrogens is 294 g/mol. The molecule has 1 aliphatic rings. The quantitative estimate of drug-likeness (QED) is 0.943. The highest BCUT2D eigenvalue weighted by Gasteiger charge is 2.19. The molecule has 0 spiro atoms. The van der Waals surface area contributed by atoms with Crippen molar-refractivity contribution in [2.24, 2.45) is 0 Å². The number of ether oxygens (including phenoxy) is 1. The van der Waals surface area contributed by atoms with Gasteiger partial charge in [-0.25, -0.2) is 4.79 Å². The van der Waals surface area contributed by atoms with Crippen molar-refractivity contribution in [3.63, 3.8) is 0 Å². The highest BCUT2D eigenvalue weighted by Crippen LogP contribution is 2.33. The summed E-state index contributed by atoms with van der Waals surface area (Å²) >= 11 is 6.08. The second kappa shape index (κ2) is 5.26. The van der Waals surface area contributed by atoms with Gasteiger partial charge in [-0.1, -0.05) is 17.7 Å². The second-order valence-corrected chi connectivity index (χ2v) is 5.23. The van der Waals surface area contributed by atoms with Crippen molar-refractivity contribution in [3.05, 3.63) is 62.5 Å². The van der Waals surface area contributed by atoms with Gasteiger partial charge in [0.15, 0.2) is 0 Å². The van der Waals surface area contributed by atoms with E-state index in [1.807, 2.05) is 6.07 Å². The van der Waals surface area contributed by atoms with Crippen LogP contribution in [0.4, 0.5) is 0 Å². The number of nitrogens with zero attached hydrogens (tertiary/aromatic N) is 1. The molecule has 1 aromatic heterocycles. The Bertz CT molecular complexity index is 782. The molecule has 2 heterocycles. The van der Waals surface area contributed by atoms with E-state index in [4.69, 9.17) is 16.3 Å². The number of hydrogen-bond acceptors (Lipinski definition) is 3. The van der Waals surface area contributed by atoms with Crippen molar-refractivity contribution in [1.29, 1.82) is 0 Å². The van der Waals surface area contributed by atoms with Crippen LogP contribution in [0.5, 0.6) is 5.75 Å². The van der Waals surface area contributed by atoms with E-state index < -0.39 is 5.97 Å². The standard InChI is InChI=1S/C15H12ClNO4/c16-11-6-9-4-5-21-14(9)10(7-11)8-17-12(15(19)20)2-1-3-13(17)18/h1-3,6-7H,4-5,8H2,(H,19,20). The van der Waals surface area contributed by atoms with Crippen LogP contribution in [0.15, 0.2) is 35.1 Å². The van der Waals surface area contributed by atoms with Crippen LogP contribution in [-0.4, -0.2) is 22.2 Å². The lowest BCUT2D eigenvalue weighted by Crippen LogP contribution is -2.25. The average molecular weight is 306 g/mol. The third kappa shape index (κ3) is 2.52. The number of hydrogen-bond donors (Lipinski definition) is 1. The van der Waals surface area contributed by atoms with Crippen molar-refractivity contribution in [3.8, 4) is 5.75 Å². The first kappa shape index (κ1) is 13.7. The number of halogens is 1. The minimum Gasteiger partial charge on any atom is -0.493 e. The maximum Gasteiger partial charge on any atom is 0.352 e. The molecule has 0 unspecified atom stereocenters. The maximum atomic E-state index is 12.0. The number of rotatable bonds is 3. The highest BCUT2D eigenvalue weighted by atomic mass is 35.5. The van der Waals surface area contributed by atoms with E-state index in [0.29, 0.717) is 22.9 Å². The molecule has 0 saturated carbocycles. The minimum atomic E-state index is -1.15. The predicted octanol–water partition coefficient (Wildman–Crippen LogP) is 2.18. The van der Waals surface area contributed by atoms with Gasteiger partial charge in [-0.05, 0) is 23.8 Å². The molecule has 0 amide bonds. The molecule has 21 heavy (non-hydrogen) atoms. The number of fused-ring (bicyclic) bond motifs is 1. The van der Waals surface area contributed by atoms with Gasteiger partial charge in [-0.15, -0.1) is 0 Å². The lowest BCUT2D eigenvalue weighted by Gasteiger charge is -2.13. The Morgan fingerprint density at radius 1 is 1.38 bits per heavy atom. The van der Waals surface area contributed by atoms with Crippen molar-refractivity contribution in [1.82, 2.24) is 4.57 Å². The summed E-state index contributed by atoms with van der Waals surface area (Å²) in [7, 11) is 0. The molecule has 0 saturated heterocycles. The first-order valence-electron chi connectivity index (χ1n) is 6.43. The zero-order valence-corrected chi connectivity index (χ0v) is 11.8. The number of carboxylic acids is 1. The van der Waals surface area contributed by atoms with Crippen LogP contribution in [0.25, 0.3) is 0 Å². The van der Waals surface area contributed by atoms with Crippen molar-refractivity contribution >= 4 is 17.6 Å². The number of carbonyl (C=O) groups is 1. The fourth-order valence-electron chi connectivity index (χ4n) is 2.50. The summed E-state index contributed by atoms with van der Waals surface area (Å²) in [4.78, 5) is 23.2. The van der Waals surface area contributed by atoms with Gasteiger partial charge in [0, 0.05) is 23.1 Å². The van der Waals surface area contributed by atoms with Crippen LogP contribution >= 0.6 is 11.6 Å². The molecule has 5 nitrogen and oxygen atoms in total. The van der Waals surface area contributed by atoms with Gasteiger partial charge < -0.3 is 9.84 Å².